The van der Waals surface area contributed by atoms with Crippen LogP contribution in [0.3, 0.4) is 0 Å². The van der Waals surface area contributed by atoms with Crippen LogP contribution in [0.4, 0.5) is 0 Å². The molecule has 0 unspecified atom stereocenters. The molecule has 1 aliphatic rings. The third-order valence-electron chi connectivity index (χ3n) is 3.39. The van der Waals surface area contributed by atoms with Crippen molar-refractivity contribution < 1.29 is 0 Å². The highest BCUT2D eigenvalue weighted by Crippen LogP contribution is 2.28. The maximum atomic E-state index is 12.4. The van der Waals surface area contributed by atoms with Crippen molar-refractivity contribution in [3.63, 3.8) is 0 Å². The van der Waals surface area contributed by atoms with Gasteiger partial charge in [-0.05, 0) is 37.2 Å². The molecule has 2 aromatic rings. The van der Waals surface area contributed by atoms with E-state index in [-0.39, 0.29) is 11.6 Å². The van der Waals surface area contributed by atoms with Crippen molar-refractivity contribution in [3.05, 3.63) is 33.5 Å². The molecule has 0 atom stereocenters. The van der Waals surface area contributed by atoms with Gasteiger partial charge in [-0.2, -0.15) is 0 Å². The number of aromatic nitrogens is 3. The summed E-state index contributed by atoms with van der Waals surface area (Å²) in [4.78, 5) is 19.6. The number of rotatable bonds is 1. The summed E-state index contributed by atoms with van der Waals surface area (Å²) in [6, 6.07) is 3.83. The number of aromatic amines is 1. The summed E-state index contributed by atoms with van der Waals surface area (Å²) in [5, 5.41) is 0.619. The Kier molecular flexibility index (Phi) is 2.55. The Labute approximate surface area is 103 Å². The van der Waals surface area contributed by atoms with Crippen LogP contribution in [0.5, 0.6) is 0 Å². The Morgan fingerprint density at radius 2 is 2.18 bits per heavy atom. The Bertz CT molecular complexity index is 667. The van der Waals surface area contributed by atoms with Crippen molar-refractivity contribution in [2.45, 2.75) is 31.7 Å². The van der Waals surface area contributed by atoms with E-state index >= 15 is 0 Å². The zero-order valence-corrected chi connectivity index (χ0v) is 10.2. The summed E-state index contributed by atoms with van der Waals surface area (Å²) >= 11 is 5.27. The van der Waals surface area contributed by atoms with E-state index in [9.17, 15) is 4.79 Å². The van der Waals surface area contributed by atoms with E-state index in [1.165, 1.54) is 12.8 Å². The summed E-state index contributed by atoms with van der Waals surface area (Å²) < 4.78 is 2.22. The highest BCUT2D eigenvalue weighted by molar-refractivity contribution is 7.71. The van der Waals surface area contributed by atoms with Crippen LogP contribution in [0.25, 0.3) is 11.0 Å². The van der Waals surface area contributed by atoms with Gasteiger partial charge >= 0.3 is 0 Å². The first kappa shape index (κ1) is 10.7. The molecule has 1 N–H and O–H groups in total. The number of nitrogens with one attached hydrogen (secondary N) is 1. The second kappa shape index (κ2) is 4.07. The van der Waals surface area contributed by atoms with Crippen molar-refractivity contribution in [1.29, 1.82) is 0 Å². The van der Waals surface area contributed by atoms with Crippen molar-refractivity contribution in [3.8, 4) is 0 Å². The standard InChI is InChI=1S/C12H13N3OS/c16-11-9-6-3-7-13-10(9)14-12(17)15(11)8-4-1-2-5-8/h3,6-8H,1-2,4-5H2,(H,13,14,17). The van der Waals surface area contributed by atoms with Gasteiger partial charge in [-0.1, -0.05) is 12.8 Å². The first-order valence-electron chi connectivity index (χ1n) is 5.87. The third-order valence-corrected chi connectivity index (χ3v) is 3.69. The van der Waals surface area contributed by atoms with Crippen LogP contribution in [-0.4, -0.2) is 14.5 Å². The molecule has 4 nitrogen and oxygen atoms in total. The van der Waals surface area contributed by atoms with Crippen molar-refractivity contribution in [1.82, 2.24) is 14.5 Å². The number of fused-ring (bicyclic) bond motifs is 1. The molecule has 2 heterocycles. The lowest BCUT2D eigenvalue weighted by molar-refractivity contribution is 0.492. The maximum Gasteiger partial charge on any atom is 0.264 e. The fraction of sp³-hybridized carbons (Fsp3) is 0.417. The van der Waals surface area contributed by atoms with Gasteiger partial charge in [0, 0.05) is 12.2 Å². The first-order chi connectivity index (χ1) is 8.27. The van der Waals surface area contributed by atoms with Gasteiger partial charge in [0.25, 0.3) is 5.56 Å². The Hall–Kier alpha value is -1.49. The molecule has 0 amide bonds. The fourth-order valence-electron chi connectivity index (χ4n) is 2.56. The van der Waals surface area contributed by atoms with Gasteiger partial charge in [0.15, 0.2) is 4.77 Å². The molecule has 5 heteroatoms. The number of hydrogen-bond donors (Lipinski definition) is 1. The normalized spacial score (nSPS) is 16.7. The summed E-state index contributed by atoms with van der Waals surface area (Å²) in [6.45, 7) is 0. The van der Waals surface area contributed by atoms with E-state index in [1.807, 2.05) is 0 Å². The van der Waals surface area contributed by atoms with Crippen LogP contribution in [0, 0.1) is 4.77 Å². The summed E-state index contributed by atoms with van der Waals surface area (Å²) in [5.41, 5.74) is 0.570. The monoisotopic (exact) mass is 247 g/mol. The van der Waals surface area contributed by atoms with E-state index in [0.717, 1.165) is 12.8 Å². The maximum absolute atomic E-state index is 12.4. The molecule has 2 aromatic heterocycles. The first-order valence-corrected chi connectivity index (χ1v) is 6.28. The zero-order valence-electron chi connectivity index (χ0n) is 9.35. The van der Waals surface area contributed by atoms with Gasteiger partial charge in [-0.15, -0.1) is 0 Å². The topological polar surface area (TPSA) is 50.7 Å². The highest BCUT2D eigenvalue weighted by atomic mass is 32.1. The minimum atomic E-state index is -0.0104. The molecule has 0 aromatic carbocycles. The molecule has 88 valence electrons. The average Bonchev–Trinajstić information content (AvgIpc) is 2.83. The van der Waals surface area contributed by atoms with E-state index < -0.39 is 0 Å². The average molecular weight is 247 g/mol. The Morgan fingerprint density at radius 1 is 1.41 bits per heavy atom. The minimum Gasteiger partial charge on any atom is -0.316 e. The lowest BCUT2D eigenvalue weighted by Gasteiger charge is -2.13. The molecule has 3 rings (SSSR count). The molecule has 0 aliphatic heterocycles. The fourth-order valence-corrected chi connectivity index (χ4v) is 2.88. The molecule has 0 bridgehead atoms. The van der Waals surface area contributed by atoms with Crippen LogP contribution in [-0.2, 0) is 0 Å². The largest absolute Gasteiger partial charge is 0.316 e. The van der Waals surface area contributed by atoms with Gasteiger partial charge in [-0.25, -0.2) is 4.98 Å². The molecule has 0 spiro atoms. The van der Waals surface area contributed by atoms with Crippen LogP contribution in [0.1, 0.15) is 31.7 Å². The lowest BCUT2D eigenvalue weighted by Crippen LogP contribution is -2.25. The van der Waals surface area contributed by atoms with Crippen LogP contribution < -0.4 is 5.56 Å². The second-order valence-electron chi connectivity index (χ2n) is 4.44. The van der Waals surface area contributed by atoms with Gasteiger partial charge in [0.05, 0.1) is 5.39 Å². The Balaban J connectivity index is 2.31. The molecular weight excluding hydrogens is 234 g/mol. The molecule has 1 fully saturated rings. The molecular formula is C12H13N3OS. The Morgan fingerprint density at radius 3 is 2.94 bits per heavy atom. The molecule has 17 heavy (non-hydrogen) atoms. The van der Waals surface area contributed by atoms with Crippen molar-refractivity contribution >= 4 is 23.3 Å². The van der Waals surface area contributed by atoms with E-state index in [0.29, 0.717) is 15.8 Å². The predicted octanol–water partition coefficient (Wildman–Crippen LogP) is 2.57. The smallest absolute Gasteiger partial charge is 0.264 e. The molecule has 1 saturated carbocycles. The number of nitrogens with zero attached hydrogens (tertiary/aromatic N) is 2. The van der Waals surface area contributed by atoms with Crippen LogP contribution >= 0.6 is 12.2 Å². The van der Waals surface area contributed by atoms with E-state index in [1.54, 1.807) is 22.9 Å². The molecule has 0 radical (unpaired) electrons. The van der Waals surface area contributed by atoms with Crippen molar-refractivity contribution in [2.24, 2.45) is 0 Å². The summed E-state index contributed by atoms with van der Waals surface area (Å²) in [6.07, 6.45) is 6.10. The van der Waals surface area contributed by atoms with Gasteiger partial charge in [0.2, 0.25) is 0 Å². The summed E-state index contributed by atoms with van der Waals surface area (Å²) in [7, 11) is 0. The van der Waals surface area contributed by atoms with Crippen LogP contribution in [0.2, 0.25) is 0 Å². The van der Waals surface area contributed by atoms with Gasteiger partial charge < -0.3 is 4.98 Å². The van der Waals surface area contributed by atoms with E-state index in [2.05, 4.69) is 9.97 Å². The van der Waals surface area contributed by atoms with Gasteiger partial charge in [0.1, 0.15) is 5.65 Å². The number of pyridine rings is 1. The quantitative estimate of drug-likeness (QED) is 0.788. The number of hydrogen-bond acceptors (Lipinski definition) is 3. The number of H-pyrrole nitrogens is 1. The van der Waals surface area contributed by atoms with Gasteiger partial charge in [-0.3, -0.25) is 9.36 Å². The zero-order chi connectivity index (χ0) is 11.8. The molecule has 1 aliphatic carbocycles. The highest BCUT2D eigenvalue weighted by Gasteiger charge is 2.20. The van der Waals surface area contributed by atoms with Crippen LogP contribution in [0.15, 0.2) is 23.1 Å². The summed E-state index contributed by atoms with van der Waals surface area (Å²) in [5.74, 6) is 0. The second-order valence-corrected chi connectivity index (χ2v) is 4.83. The predicted molar refractivity (Wildman–Crippen MR) is 68.7 cm³/mol. The lowest BCUT2D eigenvalue weighted by atomic mass is 10.2. The SMILES string of the molecule is O=c1c2cccnc2[nH]c(=S)n1C1CCCC1. The minimum absolute atomic E-state index is 0.0104. The van der Waals surface area contributed by atoms with Crippen molar-refractivity contribution in [2.75, 3.05) is 0 Å². The van der Waals surface area contributed by atoms with E-state index in [4.69, 9.17) is 12.2 Å². The molecule has 0 saturated heterocycles. The third kappa shape index (κ3) is 1.70.